The molecule has 1 aromatic carbocycles. The van der Waals surface area contributed by atoms with Crippen molar-refractivity contribution in [1.29, 1.82) is 0 Å². The first kappa shape index (κ1) is 18.2. The first-order valence-electron chi connectivity index (χ1n) is 9.24. The second kappa shape index (κ2) is 7.31. The van der Waals surface area contributed by atoms with Crippen LogP contribution in [0.1, 0.15) is 57.4 Å². The Hall–Kier alpha value is -2.64. The Kier molecular flexibility index (Phi) is 5.11. The summed E-state index contributed by atoms with van der Waals surface area (Å²) in [5.41, 5.74) is 12.8. The highest BCUT2D eigenvalue weighted by Crippen LogP contribution is 2.42. The Labute approximate surface area is 153 Å². The number of guanidine groups is 2. The molecule has 8 heteroatoms. The molecule has 0 aromatic heterocycles. The van der Waals surface area contributed by atoms with Crippen LogP contribution in [0.4, 0.5) is 11.4 Å². The van der Waals surface area contributed by atoms with Crippen molar-refractivity contribution >= 4 is 23.3 Å². The lowest BCUT2D eigenvalue weighted by atomic mass is 9.87. The number of unbranched alkanes of at least 4 members (excludes halogenated alkanes) is 1. The van der Waals surface area contributed by atoms with Gasteiger partial charge in [-0.2, -0.15) is 4.99 Å². The van der Waals surface area contributed by atoms with Gasteiger partial charge in [-0.05, 0) is 50.2 Å². The van der Waals surface area contributed by atoms with Crippen molar-refractivity contribution in [1.82, 2.24) is 0 Å². The van der Waals surface area contributed by atoms with E-state index in [1.54, 1.807) is 17.0 Å². The highest BCUT2D eigenvalue weighted by molar-refractivity contribution is 6.06. The summed E-state index contributed by atoms with van der Waals surface area (Å²) in [5.74, 6) is 0.312. The Morgan fingerprint density at radius 2 is 2.00 bits per heavy atom. The van der Waals surface area contributed by atoms with E-state index in [2.05, 4.69) is 16.9 Å². The normalized spacial score (nSPS) is 19.2. The van der Waals surface area contributed by atoms with Gasteiger partial charge < -0.3 is 11.5 Å². The molecule has 1 aliphatic heterocycles. The van der Waals surface area contributed by atoms with E-state index >= 15 is 0 Å². The average molecular weight is 358 g/mol. The van der Waals surface area contributed by atoms with E-state index in [1.807, 2.05) is 6.07 Å². The van der Waals surface area contributed by atoms with Gasteiger partial charge in [0, 0.05) is 6.07 Å². The third-order valence-electron chi connectivity index (χ3n) is 5.15. The minimum absolute atomic E-state index is 0.0392. The zero-order valence-corrected chi connectivity index (χ0v) is 15.1. The van der Waals surface area contributed by atoms with Crippen LogP contribution in [0, 0.1) is 10.1 Å². The second-order valence-electron chi connectivity index (χ2n) is 7.00. The molecule has 0 amide bonds. The summed E-state index contributed by atoms with van der Waals surface area (Å²) in [7, 11) is 0. The molecule has 4 N–H and O–H groups in total. The monoisotopic (exact) mass is 358 g/mol. The quantitative estimate of drug-likeness (QED) is 0.618. The largest absolute Gasteiger partial charge is 0.369 e. The molecule has 8 nitrogen and oxygen atoms in total. The van der Waals surface area contributed by atoms with Crippen molar-refractivity contribution in [3.05, 3.63) is 33.9 Å². The number of anilines is 1. The van der Waals surface area contributed by atoms with Crippen LogP contribution in [0.15, 0.2) is 28.2 Å². The topological polar surface area (TPSA) is 123 Å². The molecule has 1 spiro atoms. The Morgan fingerprint density at radius 1 is 1.27 bits per heavy atom. The number of nitro groups is 1. The van der Waals surface area contributed by atoms with Crippen molar-refractivity contribution in [3.63, 3.8) is 0 Å². The average Bonchev–Trinajstić information content (AvgIpc) is 2.60. The molecule has 2 aliphatic rings. The maximum absolute atomic E-state index is 11.8. The molecule has 26 heavy (non-hydrogen) atoms. The van der Waals surface area contributed by atoms with Crippen molar-refractivity contribution in [2.45, 2.75) is 64.0 Å². The molecule has 3 rings (SSSR count). The Balaban J connectivity index is 2.07. The van der Waals surface area contributed by atoms with E-state index < -0.39 is 5.66 Å². The molecule has 1 aromatic rings. The lowest BCUT2D eigenvalue weighted by Crippen LogP contribution is -2.58. The highest BCUT2D eigenvalue weighted by atomic mass is 16.6. The van der Waals surface area contributed by atoms with Gasteiger partial charge in [0.15, 0.2) is 0 Å². The smallest absolute Gasteiger partial charge is 0.293 e. The van der Waals surface area contributed by atoms with Crippen LogP contribution in [-0.2, 0) is 6.42 Å². The van der Waals surface area contributed by atoms with Crippen molar-refractivity contribution in [2.24, 2.45) is 21.5 Å². The Bertz CT molecular complexity index is 752. The highest BCUT2D eigenvalue weighted by Gasteiger charge is 2.44. The van der Waals surface area contributed by atoms with Gasteiger partial charge in [-0.1, -0.05) is 25.8 Å². The first-order valence-corrected chi connectivity index (χ1v) is 9.24. The number of hydrogen-bond donors (Lipinski definition) is 2. The fourth-order valence-electron chi connectivity index (χ4n) is 3.91. The number of rotatable bonds is 5. The zero-order chi connectivity index (χ0) is 18.7. The summed E-state index contributed by atoms with van der Waals surface area (Å²) in [6, 6.07) is 5.36. The molecule has 1 fully saturated rings. The second-order valence-corrected chi connectivity index (χ2v) is 7.00. The molecule has 0 unspecified atom stereocenters. The SMILES string of the molecule is CCCCc1ccc(N2C(N)=NC(N)=NC23CCCCC3)c([N+](=O)[O-])c1. The molecule has 0 bridgehead atoms. The van der Waals surface area contributed by atoms with Crippen LogP contribution in [-0.4, -0.2) is 22.5 Å². The predicted octanol–water partition coefficient (Wildman–Crippen LogP) is 3.05. The lowest BCUT2D eigenvalue weighted by molar-refractivity contribution is -0.384. The van der Waals surface area contributed by atoms with E-state index in [0.717, 1.165) is 56.9 Å². The molecular weight excluding hydrogens is 332 g/mol. The summed E-state index contributed by atoms with van der Waals surface area (Å²) in [4.78, 5) is 21.8. The first-order chi connectivity index (χ1) is 12.5. The van der Waals surface area contributed by atoms with Crippen molar-refractivity contribution in [3.8, 4) is 0 Å². The van der Waals surface area contributed by atoms with Crippen molar-refractivity contribution < 1.29 is 4.92 Å². The fourth-order valence-corrected chi connectivity index (χ4v) is 3.91. The van der Waals surface area contributed by atoms with Crippen LogP contribution in [0.25, 0.3) is 0 Å². The van der Waals surface area contributed by atoms with Gasteiger partial charge in [0.2, 0.25) is 11.9 Å². The third-order valence-corrected chi connectivity index (χ3v) is 5.15. The number of aliphatic imine (C=N–C) groups is 2. The van der Waals surface area contributed by atoms with Crippen LogP contribution in [0.5, 0.6) is 0 Å². The maximum atomic E-state index is 11.8. The maximum Gasteiger partial charge on any atom is 0.293 e. The number of nitro benzene ring substituents is 1. The molecule has 0 atom stereocenters. The predicted molar refractivity (Wildman–Crippen MR) is 103 cm³/mol. The minimum atomic E-state index is -0.677. The lowest BCUT2D eigenvalue weighted by Gasteiger charge is -2.45. The van der Waals surface area contributed by atoms with E-state index in [-0.39, 0.29) is 22.5 Å². The Morgan fingerprint density at radius 3 is 2.65 bits per heavy atom. The van der Waals surface area contributed by atoms with E-state index in [4.69, 9.17) is 11.5 Å². The van der Waals surface area contributed by atoms with Crippen LogP contribution in [0.3, 0.4) is 0 Å². The molecule has 140 valence electrons. The summed E-state index contributed by atoms with van der Waals surface area (Å²) < 4.78 is 0. The summed E-state index contributed by atoms with van der Waals surface area (Å²) in [6.45, 7) is 2.10. The fraction of sp³-hybridized carbons (Fsp3) is 0.556. The molecule has 1 aliphatic carbocycles. The van der Waals surface area contributed by atoms with Gasteiger partial charge in [0.05, 0.1) is 4.92 Å². The van der Waals surface area contributed by atoms with Crippen LogP contribution >= 0.6 is 0 Å². The molecule has 1 saturated carbocycles. The van der Waals surface area contributed by atoms with Gasteiger partial charge in [-0.15, -0.1) is 0 Å². The zero-order valence-electron chi connectivity index (χ0n) is 15.1. The van der Waals surface area contributed by atoms with E-state index in [1.165, 1.54) is 0 Å². The van der Waals surface area contributed by atoms with Crippen LogP contribution < -0.4 is 16.4 Å². The van der Waals surface area contributed by atoms with Gasteiger partial charge in [0.25, 0.3) is 5.69 Å². The molecule has 0 saturated heterocycles. The van der Waals surface area contributed by atoms with E-state index in [0.29, 0.717) is 5.69 Å². The summed E-state index contributed by atoms with van der Waals surface area (Å²) >= 11 is 0. The van der Waals surface area contributed by atoms with Crippen molar-refractivity contribution in [2.75, 3.05) is 4.90 Å². The van der Waals surface area contributed by atoms with Gasteiger partial charge >= 0.3 is 0 Å². The molecule has 1 heterocycles. The number of nitrogens with zero attached hydrogens (tertiary/aromatic N) is 4. The summed E-state index contributed by atoms with van der Waals surface area (Å²) in [5, 5.41) is 11.8. The number of benzene rings is 1. The molecular formula is C18H26N6O2. The van der Waals surface area contributed by atoms with Gasteiger partial charge in [-0.3, -0.25) is 15.0 Å². The number of aryl methyl sites for hydroxylation is 1. The minimum Gasteiger partial charge on any atom is -0.369 e. The standard InChI is InChI=1S/C18H26N6O2/c1-2-3-7-13-8-9-14(15(12-13)24(25)26)23-17(20)21-16(19)22-18(23)10-5-4-6-11-18/h8-9,12H,2-7,10-11H2,1H3,(H4,19,20,21,22). The van der Waals surface area contributed by atoms with Gasteiger partial charge in [-0.25, -0.2) is 4.99 Å². The third kappa shape index (κ3) is 3.36. The van der Waals surface area contributed by atoms with E-state index in [9.17, 15) is 10.1 Å². The summed E-state index contributed by atoms with van der Waals surface area (Å²) in [6.07, 6.45) is 7.41. The van der Waals surface area contributed by atoms with Gasteiger partial charge in [0.1, 0.15) is 11.4 Å². The van der Waals surface area contributed by atoms with Crippen LogP contribution in [0.2, 0.25) is 0 Å². The number of nitrogens with two attached hydrogens (primary N) is 2. The number of hydrogen-bond acceptors (Lipinski definition) is 7. The molecule has 0 radical (unpaired) electrons.